The monoisotopic (exact) mass is 568 g/mol. The molecule has 3 saturated heterocycles. The van der Waals surface area contributed by atoms with E-state index < -0.39 is 91.5 Å². The first-order valence-corrected chi connectivity index (χ1v) is 12.8. The van der Waals surface area contributed by atoms with Crippen LogP contribution in [0.4, 0.5) is 19.2 Å². The van der Waals surface area contributed by atoms with Crippen molar-refractivity contribution in [3.63, 3.8) is 0 Å². The van der Waals surface area contributed by atoms with Crippen LogP contribution in [0.15, 0.2) is 0 Å². The van der Waals surface area contributed by atoms with Crippen molar-refractivity contribution in [2.45, 2.75) is 66.9 Å². The van der Waals surface area contributed by atoms with Crippen molar-refractivity contribution in [1.29, 1.82) is 0 Å². The number of halogens is 4. The minimum absolute atomic E-state index is 0.404. The van der Waals surface area contributed by atoms with Gasteiger partial charge in [-0.1, -0.05) is 0 Å². The molecule has 16 heteroatoms. The molecular formula is C16H12Cl4O10S2. The molecule has 0 aromatic carbocycles. The maximum Gasteiger partial charge on any atom is 0.519 e. The van der Waals surface area contributed by atoms with E-state index in [4.69, 9.17) is 65.4 Å². The largest absolute Gasteiger partial charge is 0.519 e. The van der Waals surface area contributed by atoms with E-state index in [1.165, 1.54) is 23.5 Å². The number of thioether (sulfide) groups is 2. The van der Waals surface area contributed by atoms with Crippen molar-refractivity contribution in [2.24, 2.45) is 0 Å². The highest BCUT2D eigenvalue weighted by Gasteiger charge is 2.64. The Labute approximate surface area is 208 Å². The van der Waals surface area contributed by atoms with Crippen molar-refractivity contribution < 1.29 is 47.6 Å². The van der Waals surface area contributed by atoms with E-state index in [1.54, 1.807) is 0 Å². The lowest BCUT2D eigenvalue weighted by Gasteiger charge is -2.54. The Bertz CT molecular complexity index is 733. The average molecular weight is 570 g/mol. The quantitative estimate of drug-likeness (QED) is 0.183. The molecular weight excluding hydrogens is 558 g/mol. The predicted octanol–water partition coefficient (Wildman–Crippen LogP) is 3.48. The molecule has 176 valence electrons. The maximum atomic E-state index is 11.7. The molecule has 12 atom stereocenters. The van der Waals surface area contributed by atoms with Gasteiger partial charge in [0.15, 0.2) is 24.4 Å². The maximum absolute atomic E-state index is 11.7. The summed E-state index contributed by atoms with van der Waals surface area (Å²) < 4.78 is 29.5. The van der Waals surface area contributed by atoms with E-state index in [9.17, 15) is 19.2 Å². The van der Waals surface area contributed by atoms with Crippen molar-refractivity contribution in [3.8, 4) is 0 Å². The van der Waals surface area contributed by atoms with Gasteiger partial charge in [0, 0.05) is 21.0 Å². The molecule has 12 unspecified atom stereocenters. The summed E-state index contributed by atoms with van der Waals surface area (Å²) in [5, 5.41) is -4.88. The van der Waals surface area contributed by atoms with Gasteiger partial charge in [-0.3, -0.25) is 0 Å². The third-order valence-corrected chi connectivity index (χ3v) is 12.3. The van der Waals surface area contributed by atoms with Gasteiger partial charge in [-0.25, -0.2) is 19.2 Å². The number of hydrogen-bond donors (Lipinski definition) is 0. The zero-order valence-electron chi connectivity index (χ0n) is 15.3. The molecule has 5 fully saturated rings. The van der Waals surface area contributed by atoms with E-state index in [0.29, 0.717) is 0 Å². The molecule has 3 aliphatic heterocycles. The second-order valence-electron chi connectivity index (χ2n) is 7.44. The molecule has 0 amide bonds. The summed E-state index contributed by atoms with van der Waals surface area (Å²) in [6.07, 6.45) is -9.12. The van der Waals surface area contributed by atoms with Gasteiger partial charge < -0.3 is 28.4 Å². The van der Waals surface area contributed by atoms with E-state index in [1.807, 2.05) is 0 Å². The SMILES string of the molecule is O=C1OC(=O)OC2C(Cl)C3SC4C(Cl)C5OC(=O)OC(=O)OC5C(Cl)C4SC3C(Cl)C2O1. The predicted molar refractivity (Wildman–Crippen MR) is 112 cm³/mol. The van der Waals surface area contributed by atoms with Gasteiger partial charge in [-0.2, -0.15) is 0 Å². The molecule has 0 bridgehead atoms. The van der Waals surface area contributed by atoms with Gasteiger partial charge in [0.1, 0.15) is 0 Å². The van der Waals surface area contributed by atoms with E-state index in [2.05, 4.69) is 9.47 Å². The highest BCUT2D eigenvalue weighted by Crippen LogP contribution is 2.57. The van der Waals surface area contributed by atoms with Crippen LogP contribution < -0.4 is 0 Å². The molecule has 32 heavy (non-hydrogen) atoms. The smallest absolute Gasteiger partial charge is 0.425 e. The van der Waals surface area contributed by atoms with Gasteiger partial charge in [0.05, 0.1) is 21.5 Å². The molecule has 2 aliphatic carbocycles. The highest BCUT2D eigenvalue weighted by molar-refractivity contribution is 8.08. The van der Waals surface area contributed by atoms with Gasteiger partial charge in [-0.05, 0) is 0 Å². The van der Waals surface area contributed by atoms with Gasteiger partial charge in [0.2, 0.25) is 0 Å². The third kappa shape index (κ3) is 3.74. The van der Waals surface area contributed by atoms with E-state index in [0.717, 1.165) is 0 Å². The van der Waals surface area contributed by atoms with Crippen LogP contribution in [0.2, 0.25) is 0 Å². The Morgan fingerprint density at radius 2 is 0.688 bits per heavy atom. The van der Waals surface area contributed by atoms with Crippen molar-refractivity contribution in [1.82, 2.24) is 0 Å². The van der Waals surface area contributed by atoms with Crippen molar-refractivity contribution >= 4 is 94.5 Å². The molecule has 2 saturated carbocycles. The van der Waals surface area contributed by atoms with E-state index >= 15 is 0 Å². The first-order chi connectivity index (χ1) is 15.2. The normalized spacial score (nSPS) is 50.1. The summed E-state index contributed by atoms with van der Waals surface area (Å²) in [6, 6.07) is 0. The Hall–Kier alpha value is -0.660. The molecule has 0 N–H and O–H groups in total. The number of ether oxygens (including phenoxy) is 6. The number of carbonyl (C=O) groups is 4. The topological polar surface area (TPSA) is 124 Å². The number of rotatable bonds is 0. The van der Waals surface area contributed by atoms with Crippen molar-refractivity contribution in [3.05, 3.63) is 0 Å². The standard InChI is InChI=1S/C16H12Cl4O10S2/c17-1-5-6(26-14(22)29-13(21)25-5)2(18)10-9(1)31-11-3(19)7-8(4(20)12(11)32-10)28-16(24)30-15(23)27-7/h1-12H. The van der Waals surface area contributed by atoms with Gasteiger partial charge in [-0.15, -0.1) is 69.9 Å². The highest BCUT2D eigenvalue weighted by atomic mass is 35.5. The van der Waals surface area contributed by atoms with Gasteiger partial charge >= 0.3 is 24.6 Å². The van der Waals surface area contributed by atoms with Crippen LogP contribution in [0.25, 0.3) is 0 Å². The Kier molecular flexibility index (Phi) is 6.16. The van der Waals surface area contributed by atoms with Crippen LogP contribution >= 0.6 is 69.9 Å². The van der Waals surface area contributed by atoms with E-state index in [-0.39, 0.29) is 0 Å². The molecule has 10 nitrogen and oxygen atoms in total. The van der Waals surface area contributed by atoms with Crippen LogP contribution in [0.3, 0.4) is 0 Å². The summed E-state index contributed by atoms with van der Waals surface area (Å²) >= 11 is 29.4. The molecule has 5 rings (SSSR count). The Balaban J connectivity index is 1.44. The number of carbonyl (C=O) groups excluding carboxylic acids is 4. The lowest BCUT2D eigenvalue weighted by molar-refractivity contribution is -0.00694. The van der Waals surface area contributed by atoms with Crippen LogP contribution in [0.5, 0.6) is 0 Å². The summed E-state index contributed by atoms with van der Waals surface area (Å²) in [5.74, 6) is 0. The number of hydrogen-bond acceptors (Lipinski definition) is 12. The van der Waals surface area contributed by atoms with Crippen LogP contribution in [-0.4, -0.2) is 91.5 Å². The second-order valence-corrected chi connectivity index (χ2v) is 12.2. The first kappa shape index (κ1) is 23.1. The number of alkyl halides is 4. The molecule has 0 spiro atoms. The zero-order valence-corrected chi connectivity index (χ0v) is 20.0. The molecule has 0 radical (unpaired) electrons. The Morgan fingerprint density at radius 3 is 0.906 bits per heavy atom. The molecule has 0 aromatic rings. The average Bonchev–Trinajstić information content (AvgIpc) is 2.99. The summed E-state index contributed by atoms with van der Waals surface area (Å²) in [7, 11) is 0. The Morgan fingerprint density at radius 1 is 0.469 bits per heavy atom. The molecule has 3 heterocycles. The molecule has 5 aliphatic rings. The second kappa shape index (κ2) is 8.53. The fraction of sp³-hybridized carbons (Fsp3) is 0.750. The summed E-state index contributed by atoms with van der Waals surface area (Å²) in [4.78, 5) is 46.9. The minimum Gasteiger partial charge on any atom is -0.425 e. The van der Waals surface area contributed by atoms with Crippen molar-refractivity contribution in [2.75, 3.05) is 0 Å². The zero-order chi connectivity index (χ0) is 22.9. The number of cyclic esters (lactones) is 4. The van der Waals surface area contributed by atoms with Crippen LogP contribution in [0.1, 0.15) is 0 Å². The summed E-state index contributed by atoms with van der Waals surface area (Å²) in [6.45, 7) is 0. The lowest BCUT2D eigenvalue weighted by Crippen LogP contribution is -2.67. The fourth-order valence-electron chi connectivity index (χ4n) is 4.38. The van der Waals surface area contributed by atoms with Crippen LogP contribution in [-0.2, 0) is 28.4 Å². The third-order valence-electron chi connectivity index (χ3n) is 5.70. The summed E-state index contributed by atoms with van der Waals surface area (Å²) in [5.41, 5.74) is 0. The van der Waals surface area contributed by atoms with Gasteiger partial charge in [0.25, 0.3) is 0 Å². The fourth-order valence-corrected chi connectivity index (χ4v) is 10.9. The lowest BCUT2D eigenvalue weighted by atomic mass is 9.91. The number of fused-ring (bicyclic) bond motifs is 4. The first-order valence-electron chi connectivity index (χ1n) is 9.21. The molecule has 0 aromatic heterocycles. The minimum atomic E-state index is -1.23. The van der Waals surface area contributed by atoms with Crippen LogP contribution in [0, 0.1) is 0 Å².